The molecule has 0 aliphatic heterocycles. The van der Waals surface area contributed by atoms with Gasteiger partial charge in [-0.05, 0) is 45.0 Å². The van der Waals surface area contributed by atoms with Gasteiger partial charge in [0.1, 0.15) is 5.82 Å². The molecule has 0 aliphatic rings. The van der Waals surface area contributed by atoms with E-state index in [0.717, 1.165) is 0 Å². The number of amides is 1. The van der Waals surface area contributed by atoms with Crippen LogP contribution in [0.3, 0.4) is 0 Å². The van der Waals surface area contributed by atoms with Crippen LogP contribution in [0.15, 0.2) is 36.4 Å². The predicted octanol–water partition coefficient (Wildman–Crippen LogP) is 4.46. The fourth-order valence-corrected chi connectivity index (χ4v) is 2.52. The van der Waals surface area contributed by atoms with Crippen LogP contribution in [-0.2, 0) is 9.53 Å². The molecule has 6 nitrogen and oxygen atoms in total. The number of carbonyl (C=O) groups excluding carboxylic acids is 2. The van der Waals surface area contributed by atoms with Gasteiger partial charge in [0.25, 0.3) is 5.91 Å². The molecule has 0 aliphatic carbocycles. The molecule has 28 heavy (non-hydrogen) atoms. The predicted molar refractivity (Wildman–Crippen MR) is 104 cm³/mol. The van der Waals surface area contributed by atoms with Gasteiger partial charge in [-0.25, -0.2) is 9.18 Å². The van der Waals surface area contributed by atoms with E-state index >= 15 is 0 Å². The van der Waals surface area contributed by atoms with Gasteiger partial charge in [-0.3, -0.25) is 4.79 Å². The number of benzene rings is 2. The second-order valence-corrected chi connectivity index (χ2v) is 6.58. The Bertz CT molecular complexity index is 872. The average molecular weight is 410 g/mol. The highest BCUT2D eigenvalue weighted by molar-refractivity contribution is 6.32. The topological polar surface area (TPSA) is 73.9 Å². The average Bonchev–Trinajstić information content (AvgIpc) is 2.64. The van der Waals surface area contributed by atoms with E-state index in [1.165, 1.54) is 44.4 Å². The molecule has 1 atom stereocenters. The summed E-state index contributed by atoms with van der Waals surface area (Å²) in [5.74, 6) is -1.48. The summed E-state index contributed by atoms with van der Waals surface area (Å²) in [6, 6.07) is 8.46. The van der Waals surface area contributed by atoms with Crippen LogP contribution < -0.4 is 14.8 Å². The molecule has 1 N–H and O–H groups in total. The lowest BCUT2D eigenvalue weighted by molar-refractivity contribution is -0.123. The van der Waals surface area contributed by atoms with Crippen molar-refractivity contribution in [3.63, 3.8) is 0 Å². The number of ether oxygens (including phenoxy) is 3. The lowest BCUT2D eigenvalue weighted by Crippen LogP contribution is -2.30. The van der Waals surface area contributed by atoms with Gasteiger partial charge in [-0.2, -0.15) is 0 Å². The van der Waals surface area contributed by atoms with Crippen LogP contribution in [0.25, 0.3) is 0 Å². The Morgan fingerprint density at radius 2 is 1.82 bits per heavy atom. The maximum absolute atomic E-state index is 13.6. The number of para-hydroxylation sites is 1. The molecule has 0 radical (unpaired) electrons. The summed E-state index contributed by atoms with van der Waals surface area (Å²) in [6.45, 7) is 5.03. The van der Waals surface area contributed by atoms with Crippen molar-refractivity contribution in [3.8, 4) is 11.5 Å². The SMILES string of the molecule is COc1cc(C(=O)O[C@@H](C)C(=O)Nc2ccccc2F)cc(Cl)c1OC(C)C. The Morgan fingerprint density at radius 3 is 2.43 bits per heavy atom. The fraction of sp³-hybridized carbons (Fsp3) is 0.300. The highest BCUT2D eigenvalue weighted by atomic mass is 35.5. The summed E-state index contributed by atoms with van der Waals surface area (Å²) in [6.07, 6.45) is -1.31. The van der Waals surface area contributed by atoms with Crippen molar-refractivity contribution in [1.82, 2.24) is 0 Å². The van der Waals surface area contributed by atoms with Crippen LogP contribution in [0.1, 0.15) is 31.1 Å². The summed E-state index contributed by atoms with van der Waals surface area (Å²) in [4.78, 5) is 24.6. The van der Waals surface area contributed by atoms with E-state index in [1.54, 1.807) is 6.07 Å². The van der Waals surface area contributed by atoms with E-state index < -0.39 is 23.8 Å². The quantitative estimate of drug-likeness (QED) is 0.683. The minimum absolute atomic E-state index is 0.00435. The number of carbonyl (C=O) groups is 2. The molecule has 1 amide bonds. The Kier molecular flexibility index (Phi) is 7.23. The van der Waals surface area contributed by atoms with Crippen LogP contribution >= 0.6 is 11.6 Å². The monoisotopic (exact) mass is 409 g/mol. The second-order valence-electron chi connectivity index (χ2n) is 6.17. The molecule has 2 aromatic carbocycles. The van der Waals surface area contributed by atoms with E-state index in [9.17, 15) is 14.0 Å². The lowest BCUT2D eigenvalue weighted by atomic mass is 10.2. The first-order valence-electron chi connectivity index (χ1n) is 8.53. The zero-order valence-electron chi connectivity index (χ0n) is 15.9. The van der Waals surface area contributed by atoms with Crippen LogP contribution in [0.4, 0.5) is 10.1 Å². The summed E-state index contributed by atoms with van der Waals surface area (Å²) < 4.78 is 29.6. The van der Waals surface area contributed by atoms with Gasteiger partial charge in [0, 0.05) is 0 Å². The maximum atomic E-state index is 13.6. The molecule has 0 saturated heterocycles. The standard InChI is InChI=1S/C20H21ClFNO5/c1-11(2)27-18-14(21)9-13(10-17(18)26-4)20(25)28-12(3)19(24)23-16-8-6-5-7-15(16)22/h5-12H,1-4H3,(H,23,24)/t12-/m0/s1. The van der Waals surface area contributed by atoms with Crippen molar-refractivity contribution < 1.29 is 28.2 Å². The molecule has 8 heteroatoms. The highest BCUT2D eigenvalue weighted by Crippen LogP contribution is 2.37. The third-order valence-corrected chi connectivity index (χ3v) is 3.88. The van der Waals surface area contributed by atoms with Gasteiger partial charge in [-0.15, -0.1) is 0 Å². The number of nitrogens with one attached hydrogen (secondary N) is 1. The molecule has 0 bridgehead atoms. The summed E-state index contributed by atoms with van der Waals surface area (Å²) in [7, 11) is 1.42. The van der Waals surface area contributed by atoms with Crippen LogP contribution in [0.2, 0.25) is 5.02 Å². The minimum Gasteiger partial charge on any atom is -0.493 e. The Labute approximate surface area is 167 Å². The summed E-state index contributed by atoms with van der Waals surface area (Å²) >= 11 is 6.19. The number of anilines is 1. The third kappa shape index (κ3) is 5.36. The number of esters is 1. The van der Waals surface area contributed by atoms with Crippen molar-refractivity contribution in [1.29, 1.82) is 0 Å². The van der Waals surface area contributed by atoms with E-state index in [2.05, 4.69) is 5.32 Å². The smallest absolute Gasteiger partial charge is 0.339 e. The van der Waals surface area contributed by atoms with E-state index in [4.69, 9.17) is 25.8 Å². The van der Waals surface area contributed by atoms with E-state index in [0.29, 0.717) is 5.75 Å². The molecular weight excluding hydrogens is 389 g/mol. The van der Waals surface area contributed by atoms with Crippen molar-refractivity contribution in [2.75, 3.05) is 12.4 Å². The number of hydrogen-bond acceptors (Lipinski definition) is 5. The van der Waals surface area contributed by atoms with Crippen LogP contribution in [-0.4, -0.2) is 31.2 Å². The number of methoxy groups -OCH3 is 1. The molecule has 150 valence electrons. The Morgan fingerprint density at radius 1 is 1.14 bits per heavy atom. The molecule has 0 aromatic heterocycles. The first-order valence-corrected chi connectivity index (χ1v) is 8.91. The summed E-state index contributed by atoms with van der Waals surface area (Å²) in [5, 5.41) is 2.54. The first kappa shape index (κ1) is 21.5. The molecule has 0 heterocycles. The van der Waals surface area contributed by atoms with Gasteiger partial charge in [0.2, 0.25) is 0 Å². The van der Waals surface area contributed by atoms with Gasteiger partial charge >= 0.3 is 5.97 Å². The van der Waals surface area contributed by atoms with Gasteiger partial charge < -0.3 is 19.5 Å². The Hall–Kier alpha value is -2.80. The minimum atomic E-state index is -1.16. The van der Waals surface area contributed by atoms with Gasteiger partial charge in [-0.1, -0.05) is 23.7 Å². The molecule has 2 aromatic rings. The first-order chi connectivity index (χ1) is 13.2. The molecule has 0 fully saturated rings. The largest absolute Gasteiger partial charge is 0.493 e. The van der Waals surface area contributed by atoms with Crippen molar-refractivity contribution >= 4 is 29.2 Å². The van der Waals surface area contributed by atoms with Gasteiger partial charge in [0.05, 0.1) is 29.5 Å². The molecule has 2 rings (SSSR count). The third-order valence-electron chi connectivity index (χ3n) is 3.60. The highest BCUT2D eigenvalue weighted by Gasteiger charge is 2.22. The molecule has 0 spiro atoms. The van der Waals surface area contributed by atoms with E-state index in [1.807, 2.05) is 13.8 Å². The van der Waals surface area contributed by atoms with Crippen LogP contribution in [0.5, 0.6) is 11.5 Å². The van der Waals surface area contributed by atoms with Crippen molar-refractivity contribution in [2.45, 2.75) is 33.0 Å². The Balaban J connectivity index is 2.12. The lowest BCUT2D eigenvalue weighted by Gasteiger charge is -2.17. The van der Waals surface area contributed by atoms with Crippen molar-refractivity contribution in [2.24, 2.45) is 0 Å². The van der Waals surface area contributed by atoms with Crippen molar-refractivity contribution in [3.05, 3.63) is 52.8 Å². The zero-order valence-corrected chi connectivity index (χ0v) is 16.7. The zero-order chi connectivity index (χ0) is 20.8. The number of halogens is 2. The second kappa shape index (κ2) is 9.41. The maximum Gasteiger partial charge on any atom is 0.339 e. The fourth-order valence-electron chi connectivity index (χ4n) is 2.27. The number of rotatable bonds is 7. The van der Waals surface area contributed by atoms with E-state index in [-0.39, 0.29) is 28.1 Å². The molecule has 0 saturated carbocycles. The number of hydrogen-bond donors (Lipinski definition) is 1. The molecular formula is C20H21ClFNO5. The molecule has 0 unspecified atom stereocenters. The normalized spacial score (nSPS) is 11.7. The van der Waals surface area contributed by atoms with Gasteiger partial charge in [0.15, 0.2) is 17.6 Å². The summed E-state index contributed by atoms with van der Waals surface area (Å²) in [5.41, 5.74) is 0.0822. The van der Waals surface area contributed by atoms with Crippen LogP contribution in [0, 0.1) is 5.82 Å².